The van der Waals surface area contributed by atoms with Crippen LogP contribution in [0.3, 0.4) is 0 Å². The molecule has 0 aliphatic rings. The van der Waals surface area contributed by atoms with Crippen molar-refractivity contribution in [2.24, 2.45) is 0 Å². The van der Waals surface area contributed by atoms with E-state index in [1.54, 1.807) is 0 Å². The summed E-state index contributed by atoms with van der Waals surface area (Å²) in [5.74, 6) is -0.573. The van der Waals surface area contributed by atoms with Crippen LogP contribution in [0.1, 0.15) is 5.56 Å². The number of benzene rings is 1. The minimum atomic E-state index is -0.611. The molecule has 0 aromatic heterocycles. The number of halogens is 1. The summed E-state index contributed by atoms with van der Waals surface area (Å²) in [6.07, 6.45) is 0. The van der Waals surface area contributed by atoms with E-state index in [1.165, 1.54) is 7.05 Å². The number of hydrogen-bond donors (Lipinski definition) is 1. The van der Waals surface area contributed by atoms with Gasteiger partial charge in [0.2, 0.25) is 0 Å². The van der Waals surface area contributed by atoms with Gasteiger partial charge in [-0.05, 0) is 6.07 Å². The SMILES string of the molecule is CN(O)Cc1cc([N+](=O)[O-])ccc1F. The predicted molar refractivity (Wildman–Crippen MR) is 46.3 cm³/mol. The van der Waals surface area contributed by atoms with Crippen LogP contribution in [0.2, 0.25) is 0 Å². The number of nitro benzene ring substituents is 1. The summed E-state index contributed by atoms with van der Waals surface area (Å²) in [4.78, 5) is 9.75. The molecule has 0 spiro atoms. The van der Waals surface area contributed by atoms with E-state index in [4.69, 9.17) is 5.21 Å². The van der Waals surface area contributed by atoms with E-state index in [0.717, 1.165) is 23.3 Å². The van der Waals surface area contributed by atoms with Crippen LogP contribution in [0, 0.1) is 15.9 Å². The Kier molecular flexibility index (Phi) is 3.10. The molecule has 76 valence electrons. The fourth-order valence-corrected chi connectivity index (χ4v) is 1.04. The smallest absolute Gasteiger partial charge is 0.269 e. The molecule has 0 heterocycles. The van der Waals surface area contributed by atoms with Gasteiger partial charge in [-0.1, -0.05) is 0 Å². The van der Waals surface area contributed by atoms with Gasteiger partial charge in [0.25, 0.3) is 5.69 Å². The van der Waals surface area contributed by atoms with Crippen molar-refractivity contribution >= 4 is 5.69 Å². The van der Waals surface area contributed by atoms with Gasteiger partial charge in [-0.25, -0.2) is 4.39 Å². The van der Waals surface area contributed by atoms with Gasteiger partial charge < -0.3 is 5.21 Å². The lowest BCUT2D eigenvalue weighted by atomic mass is 10.2. The second kappa shape index (κ2) is 4.12. The molecule has 0 saturated heterocycles. The van der Waals surface area contributed by atoms with E-state index >= 15 is 0 Å². The average Bonchev–Trinajstić information content (AvgIpc) is 2.07. The van der Waals surface area contributed by atoms with Crippen LogP contribution < -0.4 is 0 Å². The largest absolute Gasteiger partial charge is 0.314 e. The van der Waals surface area contributed by atoms with Crippen molar-refractivity contribution < 1.29 is 14.5 Å². The van der Waals surface area contributed by atoms with Crippen molar-refractivity contribution in [3.8, 4) is 0 Å². The average molecular weight is 200 g/mol. The van der Waals surface area contributed by atoms with Crippen LogP contribution in [-0.4, -0.2) is 22.2 Å². The highest BCUT2D eigenvalue weighted by Gasteiger charge is 2.11. The molecular formula is C8H9FN2O3. The molecule has 0 bridgehead atoms. The molecule has 0 aliphatic carbocycles. The number of hydroxylamine groups is 2. The van der Waals surface area contributed by atoms with Gasteiger partial charge in [0.15, 0.2) is 0 Å². The number of nitro groups is 1. The highest BCUT2D eigenvalue weighted by Crippen LogP contribution is 2.17. The van der Waals surface area contributed by atoms with Gasteiger partial charge in [-0.2, -0.15) is 5.06 Å². The van der Waals surface area contributed by atoms with Crippen LogP contribution in [0.15, 0.2) is 18.2 Å². The monoisotopic (exact) mass is 200 g/mol. The summed E-state index contributed by atoms with van der Waals surface area (Å²) in [6, 6.07) is 3.19. The molecule has 1 N–H and O–H groups in total. The Morgan fingerprint density at radius 3 is 2.79 bits per heavy atom. The lowest BCUT2D eigenvalue weighted by Gasteiger charge is -2.08. The van der Waals surface area contributed by atoms with E-state index in [0.29, 0.717) is 0 Å². The molecule has 0 amide bonds. The van der Waals surface area contributed by atoms with Crippen molar-refractivity contribution in [2.75, 3.05) is 7.05 Å². The topological polar surface area (TPSA) is 66.6 Å². The lowest BCUT2D eigenvalue weighted by molar-refractivity contribution is -0.385. The normalized spacial score (nSPS) is 10.6. The first-order valence-corrected chi connectivity index (χ1v) is 3.83. The van der Waals surface area contributed by atoms with Gasteiger partial charge >= 0.3 is 0 Å². The lowest BCUT2D eigenvalue weighted by Crippen LogP contribution is -2.13. The van der Waals surface area contributed by atoms with Crippen molar-refractivity contribution in [1.82, 2.24) is 5.06 Å². The second-order valence-electron chi connectivity index (χ2n) is 2.85. The summed E-state index contributed by atoms with van der Waals surface area (Å²) in [5, 5.41) is 20.0. The Morgan fingerprint density at radius 1 is 1.64 bits per heavy atom. The Hall–Kier alpha value is -1.53. The number of nitrogens with zero attached hydrogens (tertiary/aromatic N) is 2. The van der Waals surface area contributed by atoms with Gasteiger partial charge in [0.05, 0.1) is 11.5 Å². The fourth-order valence-electron chi connectivity index (χ4n) is 1.04. The maximum atomic E-state index is 13.0. The first kappa shape index (κ1) is 10.6. The third-order valence-corrected chi connectivity index (χ3v) is 1.64. The Balaban J connectivity index is 3.02. The summed E-state index contributed by atoms with van der Waals surface area (Å²) < 4.78 is 13.0. The molecule has 0 saturated carbocycles. The molecule has 14 heavy (non-hydrogen) atoms. The molecule has 0 fully saturated rings. The third kappa shape index (κ3) is 2.48. The van der Waals surface area contributed by atoms with E-state index in [9.17, 15) is 14.5 Å². The Morgan fingerprint density at radius 2 is 2.29 bits per heavy atom. The maximum Gasteiger partial charge on any atom is 0.269 e. The van der Waals surface area contributed by atoms with Crippen LogP contribution in [-0.2, 0) is 6.54 Å². The van der Waals surface area contributed by atoms with E-state index in [2.05, 4.69) is 0 Å². The second-order valence-corrected chi connectivity index (χ2v) is 2.85. The van der Waals surface area contributed by atoms with Gasteiger partial charge in [-0.15, -0.1) is 0 Å². The zero-order chi connectivity index (χ0) is 10.7. The molecule has 0 unspecified atom stereocenters. The number of hydrogen-bond acceptors (Lipinski definition) is 4. The molecule has 0 aliphatic heterocycles. The minimum Gasteiger partial charge on any atom is -0.314 e. The van der Waals surface area contributed by atoms with Crippen molar-refractivity contribution in [2.45, 2.75) is 6.54 Å². The molecule has 0 radical (unpaired) electrons. The van der Waals surface area contributed by atoms with Crippen LogP contribution in [0.4, 0.5) is 10.1 Å². The van der Waals surface area contributed by atoms with Crippen LogP contribution >= 0.6 is 0 Å². The quantitative estimate of drug-likeness (QED) is 0.593. The highest BCUT2D eigenvalue weighted by molar-refractivity contribution is 5.35. The highest BCUT2D eigenvalue weighted by atomic mass is 19.1. The summed E-state index contributed by atoms with van der Waals surface area (Å²) >= 11 is 0. The van der Waals surface area contributed by atoms with Crippen molar-refractivity contribution in [3.63, 3.8) is 0 Å². The molecule has 1 aromatic carbocycles. The van der Waals surface area contributed by atoms with Crippen LogP contribution in [0.5, 0.6) is 0 Å². The zero-order valence-corrected chi connectivity index (χ0v) is 7.48. The van der Waals surface area contributed by atoms with Gasteiger partial charge in [-0.3, -0.25) is 10.1 Å². The molecule has 1 aromatic rings. The Bertz CT molecular complexity index is 354. The maximum absolute atomic E-state index is 13.0. The standard InChI is InChI=1S/C8H9FN2O3/c1-10(12)5-6-4-7(11(13)14)2-3-8(6)9/h2-4,12H,5H2,1H3. The zero-order valence-electron chi connectivity index (χ0n) is 7.48. The summed E-state index contributed by atoms with van der Waals surface area (Å²) in [5.41, 5.74) is -0.104. The minimum absolute atomic E-state index is 0.0872. The molecule has 1 rings (SSSR count). The van der Waals surface area contributed by atoms with Crippen molar-refractivity contribution in [3.05, 3.63) is 39.7 Å². The molecule has 5 nitrogen and oxygen atoms in total. The Labute approximate surface area is 79.5 Å². The third-order valence-electron chi connectivity index (χ3n) is 1.64. The molecule has 0 atom stereocenters. The van der Waals surface area contributed by atoms with E-state index in [1.807, 2.05) is 0 Å². The van der Waals surface area contributed by atoms with Gasteiger partial charge in [0.1, 0.15) is 5.82 Å². The van der Waals surface area contributed by atoms with E-state index in [-0.39, 0.29) is 17.8 Å². The first-order chi connectivity index (χ1) is 6.50. The van der Waals surface area contributed by atoms with Gasteiger partial charge in [0, 0.05) is 24.7 Å². The first-order valence-electron chi connectivity index (χ1n) is 3.83. The summed E-state index contributed by atoms with van der Waals surface area (Å²) in [7, 11) is 1.33. The predicted octanol–water partition coefficient (Wildman–Crippen LogP) is 1.55. The van der Waals surface area contributed by atoms with Crippen LogP contribution in [0.25, 0.3) is 0 Å². The fraction of sp³-hybridized carbons (Fsp3) is 0.250. The number of rotatable bonds is 3. The molecular weight excluding hydrogens is 191 g/mol. The molecule has 6 heteroatoms. The van der Waals surface area contributed by atoms with Crippen molar-refractivity contribution in [1.29, 1.82) is 0 Å². The number of non-ortho nitro benzene ring substituents is 1. The summed E-state index contributed by atoms with van der Waals surface area (Å²) in [6.45, 7) is -0.0898. The van der Waals surface area contributed by atoms with E-state index < -0.39 is 10.7 Å².